The molecule has 0 amide bonds. The average Bonchev–Trinajstić information content (AvgIpc) is 3.76. The van der Waals surface area contributed by atoms with Crippen LogP contribution in [0.1, 0.15) is 91.5 Å². The van der Waals surface area contributed by atoms with Crippen LogP contribution in [0.25, 0.3) is 33.6 Å². The summed E-state index contributed by atoms with van der Waals surface area (Å²) in [6.45, 7) is 0. The summed E-state index contributed by atoms with van der Waals surface area (Å²) in [7, 11) is 0. The number of rotatable bonds is 6. The molecule has 4 aromatic carbocycles. The first-order valence-electron chi connectivity index (χ1n) is 19.9. The second-order valence-electron chi connectivity index (χ2n) is 16.7. The summed E-state index contributed by atoms with van der Waals surface area (Å²) >= 11 is 0. The van der Waals surface area contributed by atoms with Gasteiger partial charge in [-0.2, -0.15) is 30.3 Å². The largest absolute Gasteiger partial charge is 2.00 e. The molecule has 2 fully saturated rings. The zero-order chi connectivity index (χ0) is 35.2. The van der Waals surface area contributed by atoms with E-state index in [-0.39, 0.29) is 21.1 Å². The first-order chi connectivity index (χ1) is 26.1. The van der Waals surface area contributed by atoms with Crippen LogP contribution >= 0.6 is 0 Å². The van der Waals surface area contributed by atoms with Gasteiger partial charge in [-0.15, -0.1) is 17.7 Å². The van der Waals surface area contributed by atoms with Crippen molar-refractivity contribution in [3.63, 3.8) is 0 Å². The molecule has 10 rings (SSSR count). The van der Waals surface area contributed by atoms with E-state index in [1.165, 1.54) is 110 Å². The fourth-order valence-corrected chi connectivity index (χ4v) is 10.4. The topological polar surface area (TPSA) is 35.0 Å². The summed E-state index contributed by atoms with van der Waals surface area (Å²) in [4.78, 5) is 9.76. The van der Waals surface area contributed by atoms with Crippen molar-refractivity contribution in [2.24, 2.45) is 10.8 Å². The minimum atomic E-state index is 0. The molecule has 54 heavy (non-hydrogen) atoms. The number of ether oxygens (including phenoxy) is 1. The molecular formula is C50H46N2OPt. The fourth-order valence-electron chi connectivity index (χ4n) is 10.4. The molecule has 4 aliphatic carbocycles. The summed E-state index contributed by atoms with van der Waals surface area (Å²) in [6, 6.07) is 46.1. The zero-order valence-electron chi connectivity index (χ0n) is 30.9. The first-order valence-corrected chi connectivity index (χ1v) is 19.9. The van der Waals surface area contributed by atoms with Gasteiger partial charge < -0.3 is 4.74 Å². The number of pyridine rings is 2. The van der Waals surface area contributed by atoms with Gasteiger partial charge in [-0.25, -0.2) is 16.1 Å². The molecule has 4 aliphatic rings. The zero-order valence-corrected chi connectivity index (χ0v) is 33.1. The molecule has 0 bridgehead atoms. The maximum Gasteiger partial charge on any atom is 2.00 e. The Kier molecular flexibility index (Phi) is 9.64. The van der Waals surface area contributed by atoms with Crippen LogP contribution in [0.15, 0.2) is 115 Å². The van der Waals surface area contributed by atoms with Gasteiger partial charge in [0.1, 0.15) is 0 Å². The number of fused-ring (bicyclic) bond motifs is 2. The molecule has 0 atom stereocenters. The Morgan fingerprint density at radius 2 is 1.33 bits per heavy atom. The molecular weight excluding hydrogens is 840 g/mol. The molecule has 4 heteroatoms. The van der Waals surface area contributed by atoms with Crippen molar-refractivity contribution in [3.8, 4) is 45.3 Å². The van der Waals surface area contributed by atoms with Crippen molar-refractivity contribution in [3.05, 3.63) is 155 Å². The molecule has 0 N–H and O–H groups in total. The summed E-state index contributed by atoms with van der Waals surface area (Å²) in [5.74, 6) is 1.80. The molecule has 6 aromatic rings. The second-order valence-corrected chi connectivity index (χ2v) is 16.7. The molecule has 3 nitrogen and oxygen atoms in total. The van der Waals surface area contributed by atoms with E-state index in [4.69, 9.17) is 14.7 Å². The molecule has 2 aromatic heterocycles. The van der Waals surface area contributed by atoms with Gasteiger partial charge in [0.2, 0.25) is 5.88 Å². The predicted octanol–water partition coefficient (Wildman–Crippen LogP) is 12.4. The Balaban J connectivity index is 0.00000384. The van der Waals surface area contributed by atoms with Gasteiger partial charge in [-0.1, -0.05) is 73.9 Å². The van der Waals surface area contributed by atoms with Crippen LogP contribution in [0.2, 0.25) is 0 Å². The van der Waals surface area contributed by atoms with Crippen LogP contribution < -0.4 is 4.74 Å². The predicted molar refractivity (Wildman–Crippen MR) is 213 cm³/mol. The van der Waals surface area contributed by atoms with E-state index < -0.39 is 0 Å². The van der Waals surface area contributed by atoms with E-state index in [1.807, 2.05) is 36.5 Å². The monoisotopic (exact) mass is 885 g/mol. The van der Waals surface area contributed by atoms with E-state index in [0.29, 0.717) is 28.4 Å². The minimum absolute atomic E-state index is 0. The number of hydrogen-bond donors (Lipinski definition) is 0. The van der Waals surface area contributed by atoms with Crippen molar-refractivity contribution < 1.29 is 25.8 Å². The van der Waals surface area contributed by atoms with E-state index in [2.05, 4.69) is 91.0 Å². The van der Waals surface area contributed by atoms with Crippen LogP contribution in [-0.4, -0.2) is 9.97 Å². The Hall–Kier alpha value is -4.33. The molecule has 0 saturated heterocycles. The normalized spacial score (nSPS) is 18.2. The third-order valence-electron chi connectivity index (χ3n) is 13.2. The van der Waals surface area contributed by atoms with E-state index in [9.17, 15) is 0 Å². The van der Waals surface area contributed by atoms with Gasteiger partial charge >= 0.3 is 21.1 Å². The molecule has 0 radical (unpaired) electrons. The van der Waals surface area contributed by atoms with Gasteiger partial charge in [0.15, 0.2) is 0 Å². The van der Waals surface area contributed by atoms with Gasteiger partial charge in [-0.05, 0) is 133 Å². The van der Waals surface area contributed by atoms with Gasteiger partial charge in [0.25, 0.3) is 0 Å². The van der Waals surface area contributed by atoms with Crippen LogP contribution in [0, 0.1) is 23.0 Å². The Morgan fingerprint density at radius 1 is 0.593 bits per heavy atom. The first kappa shape index (κ1) is 35.4. The molecule has 272 valence electrons. The third-order valence-corrected chi connectivity index (χ3v) is 13.2. The molecule has 2 spiro atoms. The standard InChI is InChI=1S/C50H46N2O.Pt/c1-3-10-35(11-4-1)42-27-43(36-18-23-49(24-19-36)21-7-2-8-22-49)29-45(28-42)53-48-15-9-14-46(52-48)47-30-38(20-25-51-47)37-16-17-41-33-50(34-44(41)26-37)31-39-12-5-6-13-40(39)32-50;/h1,3-6,9-10,12-17,20,25-27,29-30,36H,2,7-8,18-19,21-24,31-34H2;/q-2;+2. The van der Waals surface area contributed by atoms with Crippen LogP contribution in [0.4, 0.5) is 0 Å². The van der Waals surface area contributed by atoms with Crippen LogP contribution in [-0.2, 0) is 46.7 Å². The quantitative estimate of drug-likeness (QED) is 0.156. The maximum atomic E-state index is 6.57. The van der Waals surface area contributed by atoms with Gasteiger partial charge in [-0.3, -0.25) is 4.98 Å². The summed E-state index contributed by atoms with van der Waals surface area (Å²) in [5, 5.41) is 0. The van der Waals surface area contributed by atoms with Crippen LogP contribution in [0.3, 0.4) is 0 Å². The van der Waals surface area contributed by atoms with Gasteiger partial charge in [0.05, 0.1) is 11.4 Å². The maximum absolute atomic E-state index is 6.57. The number of aromatic nitrogens is 2. The van der Waals surface area contributed by atoms with Crippen molar-refractivity contribution in [2.45, 2.75) is 89.4 Å². The minimum Gasteiger partial charge on any atom is -0.460 e. The SMILES string of the molecule is [Pt+2].[c-]1ccccc1-c1[c-]c(Oc2cccc(-c3cc(-c4ccc5c(c4)CC4(Cc6ccccc6C4)C5)ccn3)n2)cc(C2CCC3(CCCCC3)CC2)c1. The Morgan fingerprint density at radius 3 is 2.11 bits per heavy atom. The Labute approximate surface area is 334 Å². The van der Waals surface area contributed by atoms with Crippen molar-refractivity contribution >= 4 is 0 Å². The average molecular weight is 886 g/mol. The summed E-state index contributed by atoms with van der Waals surface area (Å²) in [5.41, 5.74) is 14.5. The summed E-state index contributed by atoms with van der Waals surface area (Å²) < 4.78 is 6.57. The fraction of sp³-hybridized carbons (Fsp3) is 0.320. The summed E-state index contributed by atoms with van der Waals surface area (Å²) in [6.07, 6.45) is 18.9. The second kappa shape index (κ2) is 14.7. The Bertz CT molecular complexity index is 2260. The van der Waals surface area contributed by atoms with E-state index in [1.54, 1.807) is 0 Å². The van der Waals surface area contributed by atoms with Gasteiger partial charge in [0, 0.05) is 18.0 Å². The van der Waals surface area contributed by atoms with Crippen molar-refractivity contribution in [1.82, 2.24) is 9.97 Å². The van der Waals surface area contributed by atoms with Crippen LogP contribution in [0.5, 0.6) is 11.6 Å². The molecule has 2 heterocycles. The van der Waals surface area contributed by atoms with E-state index in [0.717, 1.165) is 34.5 Å². The number of benzene rings is 4. The number of nitrogens with zero attached hydrogens (tertiary/aromatic N) is 2. The molecule has 2 saturated carbocycles. The molecule has 0 unspecified atom stereocenters. The van der Waals surface area contributed by atoms with E-state index >= 15 is 0 Å². The number of hydrogen-bond acceptors (Lipinski definition) is 3. The molecule has 0 aliphatic heterocycles. The van der Waals surface area contributed by atoms with Crippen molar-refractivity contribution in [2.75, 3.05) is 0 Å². The third kappa shape index (κ3) is 7.01. The van der Waals surface area contributed by atoms with Crippen molar-refractivity contribution in [1.29, 1.82) is 0 Å². The smallest absolute Gasteiger partial charge is 0.460 e.